The summed E-state index contributed by atoms with van der Waals surface area (Å²) in [5.74, 6) is -0.0293. The van der Waals surface area contributed by atoms with Crippen LogP contribution in [0.15, 0.2) is 48.8 Å². The van der Waals surface area contributed by atoms with Crippen LogP contribution >= 0.6 is 0 Å². The molecule has 118 valence electrons. The molecular weight excluding hydrogens is 288 g/mol. The molecule has 0 bridgehead atoms. The zero-order valence-corrected chi connectivity index (χ0v) is 13.3. The molecular formula is C19H21N2O2+. The molecule has 0 radical (unpaired) electrons. The number of nitrogens with one attached hydrogen (secondary N) is 1. The summed E-state index contributed by atoms with van der Waals surface area (Å²) in [5.41, 5.74) is 3.17. The van der Waals surface area contributed by atoms with E-state index in [0.29, 0.717) is 5.56 Å². The van der Waals surface area contributed by atoms with E-state index in [4.69, 9.17) is 0 Å². The Morgan fingerprint density at radius 3 is 2.87 bits per heavy atom. The van der Waals surface area contributed by atoms with Crippen LogP contribution in [0.1, 0.15) is 47.3 Å². The maximum absolute atomic E-state index is 12.4. The average molecular weight is 309 g/mol. The third-order valence-corrected chi connectivity index (χ3v) is 4.30. The third-order valence-electron chi connectivity index (χ3n) is 4.30. The van der Waals surface area contributed by atoms with Crippen molar-refractivity contribution in [1.29, 1.82) is 0 Å². The normalized spacial score (nSPS) is 16.5. The monoisotopic (exact) mass is 309 g/mol. The van der Waals surface area contributed by atoms with Crippen molar-refractivity contribution in [3.63, 3.8) is 0 Å². The molecule has 1 amide bonds. The van der Waals surface area contributed by atoms with Crippen molar-refractivity contribution in [2.75, 3.05) is 0 Å². The second kappa shape index (κ2) is 6.73. The highest BCUT2D eigenvalue weighted by atomic mass is 16.2. The summed E-state index contributed by atoms with van der Waals surface area (Å²) in [6.07, 6.45) is 6.67. The van der Waals surface area contributed by atoms with Crippen molar-refractivity contribution in [2.45, 2.75) is 38.8 Å². The van der Waals surface area contributed by atoms with Crippen LogP contribution in [0.5, 0.6) is 0 Å². The van der Waals surface area contributed by atoms with Crippen LogP contribution in [0.3, 0.4) is 0 Å². The highest BCUT2D eigenvalue weighted by Crippen LogP contribution is 2.29. The Labute approximate surface area is 136 Å². The first kappa shape index (κ1) is 15.4. The zero-order valence-electron chi connectivity index (χ0n) is 13.3. The summed E-state index contributed by atoms with van der Waals surface area (Å²) in [6.45, 7) is 1.75. The maximum Gasteiger partial charge on any atom is 0.286 e. The smallest absolute Gasteiger partial charge is 0.286 e. The summed E-state index contributed by atoms with van der Waals surface area (Å²) < 4.78 is 1.75. The summed E-state index contributed by atoms with van der Waals surface area (Å²) in [5, 5.41) is 3.13. The van der Waals surface area contributed by atoms with Crippen molar-refractivity contribution in [2.24, 2.45) is 0 Å². The van der Waals surface area contributed by atoms with Crippen molar-refractivity contribution in [1.82, 2.24) is 5.32 Å². The molecule has 0 saturated carbocycles. The number of nitrogens with zero attached hydrogens (tertiary/aromatic N) is 1. The van der Waals surface area contributed by atoms with Gasteiger partial charge >= 0.3 is 0 Å². The van der Waals surface area contributed by atoms with Gasteiger partial charge in [0, 0.05) is 6.07 Å². The minimum Gasteiger partial charge on any atom is -0.344 e. The quantitative estimate of drug-likeness (QED) is 0.696. The summed E-state index contributed by atoms with van der Waals surface area (Å²) >= 11 is 0. The number of rotatable bonds is 4. The van der Waals surface area contributed by atoms with Gasteiger partial charge in [0.15, 0.2) is 18.2 Å². The second-order valence-corrected chi connectivity index (χ2v) is 6.03. The van der Waals surface area contributed by atoms with Gasteiger partial charge in [-0.25, -0.2) is 0 Å². The maximum atomic E-state index is 12.4. The number of hydrogen-bond donors (Lipinski definition) is 1. The van der Waals surface area contributed by atoms with Crippen LogP contribution in [-0.4, -0.2) is 11.7 Å². The highest BCUT2D eigenvalue weighted by Gasteiger charge is 2.22. The fourth-order valence-corrected chi connectivity index (χ4v) is 3.14. The zero-order chi connectivity index (χ0) is 16.2. The average Bonchev–Trinajstić information content (AvgIpc) is 2.55. The van der Waals surface area contributed by atoms with E-state index in [1.807, 2.05) is 12.1 Å². The first-order valence-corrected chi connectivity index (χ1v) is 8.00. The lowest BCUT2D eigenvalue weighted by molar-refractivity contribution is -0.684. The lowest BCUT2D eigenvalue weighted by atomic mass is 9.88. The first-order valence-electron chi connectivity index (χ1n) is 8.00. The summed E-state index contributed by atoms with van der Waals surface area (Å²) in [7, 11) is 0. The molecule has 0 fully saturated rings. The van der Waals surface area contributed by atoms with Gasteiger partial charge in [0.2, 0.25) is 6.54 Å². The Balaban J connectivity index is 1.69. The van der Waals surface area contributed by atoms with Gasteiger partial charge < -0.3 is 5.32 Å². The molecule has 1 atom stereocenters. The number of hydrogen-bond acceptors (Lipinski definition) is 2. The number of benzene rings is 1. The Kier molecular flexibility index (Phi) is 4.51. The Bertz CT molecular complexity index is 740. The molecule has 23 heavy (non-hydrogen) atoms. The van der Waals surface area contributed by atoms with E-state index in [1.165, 1.54) is 18.1 Å². The van der Waals surface area contributed by atoms with E-state index >= 15 is 0 Å². The van der Waals surface area contributed by atoms with Crippen molar-refractivity contribution >= 4 is 11.7 Å². The molecule has 0 aliphatic heterocycles. The molecule has 2 aromatic rings. The predicted molar refractivity (Wildman–Crippen MR) is 86.9 cm³/mol. The van der Waals surface area contributed by atoms with Gasteiger partial charge in [-0.05, 0) is 43.4 Å². The van der Waals surface area contributed by atoms with Gasteiger partial charge in [0.1, 0.15) is 0 Å². The van der Waals surface area contributed by atoms with E-state index in [0.717, 1.165) is 19.3 Å². The molecule has 0 spiro atoms. The van der Waals surface area contributed by atoms with Gasteiger partial charge in [-0.3, -0.25) is 9.59 Å². The van der Waals surface area contributed by atoms with E-state index < -0.39 is 0 Å². The third kappa shape index (κ3) is 3.65. The van der Waals surface area contributed by atoms with Crippen LogP contribution in [0, 0.1) is 0 Å². The fourth-order valence-electron chi connectivity index (χ4n) is 3.14. The predicted octanol–water partition coefficient (Wildman–Crippen LogP) is 2.37. The minimum absolute atomic E-state index is 0.000894. The number of carbonyl (C=O) groups is 2. The van der Waals surface area contributed by atoms with E-state index in [-0.39, 0.29) is 24.3 Å². The van der Waals surface area contributed by atoms with Crippen molar-refractivity contribution in [3.05, 3.63) is 65.5 Å². The molecule has 1 aliphatic carbocycles. The SMILES string of the molecule is CC(=O)c1ccc[n+](CC(=O)N[C@@H]2CCCc3ccccc32)c1. The van der Waals surface area contributed by atoms with Crippen molar-refractivity contribution in [3.8, 4) is 0 Å². The number of carbonyl (C=O) groups excluding carboxylic acids is 2. The number of pyridine rings is 1. The standard InChI is InChI=1S/C19H20N2O2/c1-14(22)16-8-5-11-21(12-16)13-19(23)20-18-10-4-7-15-6-2-3-9-17(15)18/h2-3,5-6,8-9,11-12,18H,4,7,10,13H2,1H3/p+1/t18-/m1/s1. The van der Waals surface area contributed by atoms with Crippen LogP contribution in [0.4, 0.5) is 0 Å². The molecule has 1 heterocycles. The van der Waals surface area contributed by atoms with Crippen LogP contribution in [0.25, 0.3) is 0 Å². The molecule has 1 N–H and O–H groups in total. The number of ketones is 1. The number of aryl methyl sites for hydroxylation is 1. The molecule has 0 unspecified atom stereocenters. The van der Waals surface area contributed by atoms with Crippen LogP contribution in [-0.2, 0) is 17.8 Å². The molecule has 1 aromatic heterocycles. The summed E-state index contributed by atoms with van der Waals surface area (Å²) in [4.78, 5) is 23.8. The van der Waals surface area contributed by atoms with E-state index in [1.54, 1.807) is 29.1 Å². The highest BCUT2D eigenvalue weighted by molar-refractivity contribution is 5.93. The number of Topliss-reactive ketones (excluding diaryl/α,β-unsaturated/α-hetero) is 1. The Hall–Kier alpha value is -2.49. The second-order valence-electron chi connectivity index (χ2n) is 6.03. The first-order chi connectivity index (χ1) is 11.1. The summed E-state index contributed by atoms with van der Waals surface area (Å²) in [6, 6.07) is 11.9. The van der Waals surface area contributed by atoms with Crippen LogP contribution < -0.4 is 9.88 Å². The Morgan fingerprint density at radius 2 is 2.04 bits per heavy atom. The lowest BCUT2D eigenvalue weighted by Crippen LogP contribution is -2.44. The van der Waals surface area contributed by atoms with E-state index in [9.17, 15) is 9.59 Å². The molecule has 1 aromatic carbocycles. The minimum atomic E-state index is -0.0302. The molecule has 4 nitrogen and oxygen atoms in total. The topological polar surface area (TPSA) is 50.0 Å². The molecule has 0 saturated heterocycles. The molecule has 4 heteroatoms. The fraction of sp³-hybridized carbons (Fsp3) is 0.316. The van der Waals surface area contributed by atoms with Gasteiger partial charge in [-0.1, -0.05) is 24.3 Å². The number of aromatic nitrogens is 1. The molecule has 3 rings (SSSR count). The lowest BCUT2D eigenvalue weighted by Gasteiger charge is -2.25. The van der Waals surface area contributed by atoms with Crippen molar-refractivity contribution < 1.29 is 14.2 Å². The van der Waals surface area contributed by atoms with Gasteiger partial charge in [-0.2, -0.15) is 4.57 Å². The van der Waals surface area contributed by atoms with E-state index in [2.05, 4.69) is 17.4 Å². The van der Waals surface area contributed by atoms with Gasteiger partial charge in [0.05, 0.1) is 11.6 Å². The van der Waals surface area contributed by atoms with Gasteiger partial charge in [0.25, 0.3) is 5.91 Å². The Morgan fingerprint density at radius 1 is 1.22 bits per heavy atom. The molecule has 1 aliphatic rings. The van der Waals surface area contributed by atoms with Gasteiger partial charge in [-0.15, -0.1) is 0 Å². The number of fused-ring (bicyclic) bond motifs is 1. The number of amides is 1. The largest absolute Gasteiger partial charge is 0.344 e. The van der Waals surface area contributed by atoms with Crippen LogP contribution in [0.2, 0.25) is 0 Å².